The van der Waals surface area contributed by atoms with Crippen LogP contribution in [-0.2, 0) is 11.3 Å². The van der Waals surface area contributed by atoms with E-state index in [1.807, 2.05) is 30.3 Å². The topological polar surface area (TPSA) is 38.3 Å². The highest BCUT2D eigenvalue weighted by Crippen LogP contribution is 2.33. The summed E-state index contributed by atoms with van der Waals surface area (Å²) in [6, 6.07) is 10.0. The molecule has 1 amide bonds. The average Bonchev–Trinajstić information content (AvgIpc) is 3.06. The average molecular weight is 219 g/mol. The SMILES string of the molecule is CCC1CC1NC(=O)OCc1ccccc1. The van der Waals surface area contributed by atoms with Crippen LogP contribution in [0, 0.1) is 5.92 Å². The van der Waals surface area contributed by atoms with Crippen molar-refractivity contribution in [1.29, 1.82) is 0 Å². The number of benzene rings is 1. The summed E-state index contributed by atoms with van der Waals surface area (Å²) in [6.07, 6.45) is 1.92. The van der Waals surface area contributed by atoms with E-state index in [9.17, 15) is 4.79 Å². The maximum Gasteiger partial charge on any atom is 0.407 e. The van der Waals surface area contributed by atoms with Gasteiger partial charge in [0.1, 0.15) is 6.61 Å². The molecule has 0 bridgehead atoms. The first-order valence-corrected chi connectivity index (χ1v) is 5.77. The zero-order chi connectivity index (χ0) is 11.4. The van der Waals surface area contributed by atoms with Gasteiger partial charge in [0.2, 0.25) is 0 Å². The van der Waals surface area contributed by atoms with Crippen LogP contribution < -0.4 is 5.32 Å². The van der Waals surface area contributed by atoms with Crippen molar-refractivity contribution >= 4 is 6.09 Å². The van der Waals surface area contributed by atoms with Gasteiger partial charge in [-0.05, 0) is 17.9 Å². The Morgan fingerprint density at radius 2 is 2.19 bits per heavy atom. The van der Waals surface area contributed by atoms with Gasteiger partial charge in [-0.15, -0.1) is 0 Å². The smallest absolute Gasteiger partial charge is 0.407 e. The Hall–Kier alpha value is -1.51. The van der Waals surface area contributed by atoms with Crippen LogP contribution in [0.15, 0.2) is 30.3 Å². The number of carbonyl (C=O) groups excluding carboxylic acids is 1. The van der Waals surface area contributed by atoms with Gasteiger partial charge in [-0.2, -0.15) is 0 Å². The summed E-state index contributed by atoms with van der Waals surface area (Å²) in [5, 5.41) is 2.86. The number of amides is 1. The molecule has 1 aromatic rings. The van der Waals surface area contributed by atoms with Crippen molar-refractivity contribution in [2.24, 2.45) is 5.92 Å². The van der Waals surface area contributed by atoms with Crippen molar-refractivity contribution < 1.29 is 9.53 Å². The van der Waals surface area contributed by atoms with Crippen LogP contribution in [0.3, 0.4) is 0 Å². The number of rotatable bonds is 4. The van der Waals surface area contributed by atoms with E-state index in [4.69, 9.17) is 4.74 Å². The number of hydrogen-bond acceptors (Lipinski definition) is 2. The molecule has 0 aromatic heterocycles. The predicted molar refractivity (Wildman–Crippen MR) is 61.9 cm³/mol. The Morgan fingerprint density at radius 3 is 2.81 bits per heavy atom. The zero-order valence-electron chi connectivity index (χ0n) is 9.48. The first-order chi connectivity index (χ1) is 7.79. The van der Waals surface area contributed by atoms with Gasteiger partial charge in [0, 0.05) is 6.04 Å². The summed E-state index contributed by atoms with van der Waals surface area (Å²) in [6.45, 7) is 2.48. The van der Waals surface area contributed by atoms with Crippen LogP contribution in [0.4, 0.5) is 4.79 Å². The van der Waals surface area contributed by atoms with Crippen molar-refractivity contribution in [2.45, 2.75) is 32.4 Å². The molecule has 3 nitrogen and oxygen atoms in total. The number of hydrogen-bond donors (Lipinski definition) is 1. The van der Waals surface area contributed by atoms with E-state index in [0.29, 0.717) is 18.6 Å². The lowest BCUT2D eigenvalue weighted by Crippen LogP contribution is -2.27. The van der Waals surface area contributed by atoms with E-state index in [2.05, 4.69) is 12.2 Å². The Morgan fingerprint density at radius 1 is 1.44 bits per heavy atom. The van der Waals surface area contributed by atoms with Gasteiger partial charge in [0.25, 0.3) is 0 Å². The monoisotopic (exact) mass is 219 g/mol. The third-order valence-corrected chi connectivity index (χ3v) is 2.96. The predicted octanol–water partition coefficient (Wildman–Crippen LogP) is 2.71. The van der Waals surface area contributed by atoms with E-state index >= 15 is 0 Å². The molecule has 0 spiro atoms. The van der Waals surface area contributed by atoms with Crippen molar-refractivity contribution in [1.82, 2.24) is 5.32 Å². The lowest BCUT2D eigenvalue weighted by Gasteiger charge is -2.06. The number of carbonyl (C=O) groups is 1. The van der Waals surface area contributed by atoms with Crippen LogP contribution in [0.1, 0.15) is 25.3 Å². The van der Waals surface area contributed by atoms with Crippen LogP contribution in [-0.4, -0.2) is 12.1 Å². The second-order valence-electron chi connectivity index (χ2n) is 4.22. The number of nitrogens with one attached hydrogen (secondary N) is 1. The van der Waals surface area contributed by atoms with E-state index in [1.165, 1.54) is 0 Å². The van der Waals surface area contributed by atoms with Crippen LogP contribution in [0.5, 0.6) is 0 Å². The van der Waals surface area contributed by atoms with Gasteiger partial charge in [-0.1, -0.05) is 43.7 Å². The van der Waals surface area contributed by atoms with Gasteiger partial charge >= 0.3 is 6.09 Å². The van der Waals surface area contributed by atoms with E-state index in [1.54, 1.807) is 0 Å². The van der Waals surface area contributed by atoms with Crippen molar-refractivity contribution in [2.75, 3.05) is 0 Å². The highest BCUT2D eigenvalue weighted by atomic mass is 16.5. The lowest BCUT2D eigenvalue weighted by atomic mass is 10.2. The summed E-state index contributed by atoms with van der Waals surface area (Å²) in [7, 11) is 0. The Balaban J connectivity index is 1.69. The first kappa shape index (κ1) is 11.0. The minimum absolute atomic E-state index is 0.301. The first-order valence-electron chi connectivity index (χ1n) is 5.77. The molecular formula is C13H17NO2. The molecule has 2 unspecified atom stereocenters. The molecule has 1 N–H and O–H groups in total. The molecule has 1 saturated carbocycles. The normalized spacial score (nSPS) is 22.6. The molecule has 1 fully saturated rings. The summed E-state index contributed by atoms with van der Waals surface area (Å²) < 4.78 is 5.12. The third kappa shape index (κ3) is 2.99. The number of ether oxygens (including phenoxy) is 1. The Bertz CT molecular complexity index is 350. The molecule has 0 aliphatic heterocycles. The highest BCUT2D eigenvalue weighted by Gasteiger charge is 2.36. The Kier molecular flexibility index (Phi) is 3.44. The zero-order valence-corrected chi connectivity index (χ0v) is 9.48. The van der Waals surface area contributed by atoms with Gasteiger partial charge < -0.3 is 10.1 Å². The molecule has 2 atom stereocenters. The molecule has 1 aliphatic rings. The molecule has 1 aliphatic carbocycles. The summed E-state index contributed by atoms with van der Waals surface area (Å²) in [5.74, 6) is 0.657. The number of alkyl carbamates (subject to hydrolysis) is 1. The second-order valence-corrected chi connectivity index (χ2v) is 4.22. The van der Waals surface area contributed by atoms with Gasteiger partial charge in [0.15, 0.2) is 0 Å². The summed E-state index contributed by atoms with van der Waals surface area (Å²) >= 11 is 0. The standard InChI is InChI=1S/C13H17NO2/c1-2-11-8-12(11)14-13(15)16-9-10-6-4-3-5-7-10/h3-7,11-12H,2,8-9H2,1H3,(H,14,15). The second kappa shape index (κ2) is 5.01. The molecule has 0 radical (unpaired) electrons. The molecule has 1 aromatic carbocycles. The highest BCUT2D eigenvalue weighted by molar-refractivity contribution is 5.68. The third-order valence-electron chi connectivity index (χ3n) is 2.96. The fraction of sp³-hybridized carbons (Fsp3) is 0.462. The van der Waals surface area contributed by atoms with E-state index in [0.717, 1.165) is 18.4 Å². The van der Waals surface area contributed by atoms with Crippen LogP contribution >= 0.6 is 0 Å². The molecule has 86 valence electrons. The Labute approximate surface area is 95.8 Å². The molecule has 3 heteroatoms. The largest absolute Gasteiger partial charge is 0.445 e. The summed E-state index contributed by atoms with van der Waals surface area (Å²) in [5.41, 5.74) is 1.01. The minimum atomic E-state index is -0.301. The minimum Gasteiger partial charge on any atom is -0.445 e. The van der Waals surface area contributed by atoms with Crippen molar-refractivity contribution in [3.63, 3.8) is 0 Å². The van der Waals surface area contributed by atoms with Crippen molar-refractivity contribution in [3.05, 3.63) is 35.9 Å². The lowest BCUT2D eigenvalue weighted by molar-refractivity contribution is 0.138. The van der Waals surface area contributed by atoms with Crippen LogP contribution in [0.2, 0.25) is 0 Å². The molecule has 16 heavy (non-hydrogen) atoms. The molecular weight excluding hydrogens is 202 g/mol. The molecule has 2 rings (SSSR count). The van der Waals surface area contributed by atoms with Crippen molar-refractivity contribution in [3.8, 4) is 0 Å². The van der Waals surface area contributed by atoms with E-state index < -0.39 is 0 Å². The fourth-order valence-electron chi connectivity index (χ4n) is 1.79. The quantitative estimate of drug-likeness (QED) is 0.845. The van der Waals surface area contributed by atoms with Gasteiger partial charge in [-0.25, -0.2) is 4.79 Å². The van der Waals surface area contributed by atoms with E-state index in [-0.39, 0.29) is 6.09 Å². The van der Waals surface area contributed by atoms with Gasteiger partial charge in [0.05, 0.1) is 0 Å². The molecule has 0 saturated heterocycles. The fourth-order valence-corrected chi connectivity index (χ4v) is 1.79. The van der Waals surface area contributed by atoms with Gasteiger partial charge in [-0.3, -0.25) is 0 Å². The maximum atomic E-state index is 11.4. The maximum absolute atomic E-state index is 11.4. The summed E-state index contributed by atoms with van der Waals surface area (Å²) in [4.78, 5) is 11.4. The molecule has 0 heterocycles. The van der Waals surface area contributed by atoms with Crippen LogP contribution in [0.25, 0.3) is 0 Å².